The summed E-state index contributed by atoms with van der Waals surface area (Å²) in [5, 5.41) is 11.7. The van der Waals surface area contributed by atoms with Crippen LogP contribution in [-0.4, -0.2) is 44.4 Å². The van der Waals surface area contributed by atoms with E-state index >= 15 is 0 Å². The number of rotatable bonds is 5. The topological polar surface area (TPSA) is 83.5 Å². The van der Waals surface area contributed by atoms with Gasteiger partial charge in [-0.05, 0) is 61.1 Å². The molecule has 38 heavy (non-hydrogen) atoms. The molecule has 0 radical (unpaired) electrons. The third-order valence-corrected chi connectivity index (χ3v) is 10.0. The standard InChI is InChI=1S/C24H21F8NO4S/c25-15-3-5-16(6-4-15)38(36,37)21-10-9-19(33-20(35)12-34)18(21)7-1-13-11-14(2-8-17(13)21)22(26,23(27,28)29)24(30,31)32/h2-6,8,11,18-19,34H,1,7,9-10,12H2,(H,33,35)/t18-,19-,21+/m0/s1. The quantitative estimate of drug-likeness (QED) is 0.406. The zero-order valence-electron chi connectivity index (χ0n) is 19.3. The van der Waals surface area contributed by atoms with Gasteiger partial charge in [0.25, 0.3) is 0 Å². The fraction of sp³-hybridized carbons (Fsp3) is 0.458. The van der Waals surface area contributed by atoms with E-state index in [4.69, 9.17) is 5.11 Å². The fourth-order valence-corrected chi connectivity index (χ4v) is 8.28. The van der Waals surface area contributed by atoms with Crippen LogP contribution in [0.15, 0.2) is 47.4 Å². The van der Waals surface area contributed by atoms with Crippen molar-refractivity contribution in [2.45, 2.75) is 59.4 Å². The summed E-state index contributed by atoms with van der Waals surface area (Å²) in [5.41, 5.74) is -7.75. The molecule has 5 nitrogen and oxygen atoms in total. The zero-order valence-corrected chi connectivity index (χ0v) is 20.2. The number of aryl methyl sites for hydroxylation is 1. The summed E-state index contributed by atoms with van der Waals surface area (Å²) >= 11 is 0. The average Bonchev–Trinajstić information content (AvgIpc) is 3.22. The molecular formula is C24H21F8NO4S. The van der Waals surface area contributed by atoms with Gasteiger partial charge in [-0.1, -0.05) is 18.2 Å². The molecule has 0 aromatic heterocycles. The van der Waals surface area contributed by atoms with Gasteiger partial charge in [0.15, 0.2) is 9.84 Å². The molecule has 1 amide bonds. The van der Waals surface area contributed by atoms with Gasteiger partial charge in [0, 0.05) is 17.5 Å². The maximum atomic E-state index is 14.8. The number of aliphatic hydroxyl groups excluding tert-OH is 1. The maximum absolute atomic E-state index is 14.8. The van der Waals surface area contributed by atoms with Crippen molar-refractivity contribution in [3.8, 4) is 0 Å². The van der Waals surface area contributed by atoms with Crippen molar-refractivity contribution in [2.75, 3.05) is 6.61 Å². The number of hydrogen-bond donors (Lipinski definition) is 2. The van der Waals surface area contributed by atoms with Crippen molar-refractivity contribution in [3.63, 3.8) is 0 Å². The number of fused-ring (bicyclic) bond motifs is 3. The van der Waals surface area contributed by atoms with Crippen LogP contribution in [0.1, 0.15) is 36.0 Å². The van der Waals surface area contributed by atoms with Gasteiger partial charge in [0.2, 0.25) is 5.91 Å². The van der Waals surface area contributed by atoms with E-state index < -0.39 is 68.5 Å². The number of hydrogen-bond acceptors (Lipinski definition) is 4. The average molecular weight is 571 g/mol. The summed E-state index contributed by atoms with van der Waals surface area (Å²) in [6.45, 7) is -0.894. The Hall–Kier alpha value is -2.74. The first-order chi connectivity index (χ1) is 17.5. The summed E-state index contributed by atoms with van der Waals surface area (Å²) in [6.07, 6.45) is -13.1. The summed E-state index contributed by atoms with van der Waals surface area (Å²) in [4.78, 5) is 11.5. The van der Waals surface area contributed by atoms with Crippen molar-refractivity contribution >= 4 is 15.7 Å². The minimum absolute atomic E-state index is 0.0518. The Kier molecular flexibility index (Phi) is 6.83. The lowest BCUT2D eigenvalue weighted by molar-refractivity contribution is -0.348. The Labute approximate surface area is 211 Å². The third kappa shape index (κ3) is 4.07. The number of halogens is 8. The Morgan fingerprint density at radius 2 is 1.58 bits per heavy atom. The smallest absolute Gasteiger partial charge is 0.387 e. The zero-order chi connectivity index (χ0) is 28.3. The van der Waals surface area contributed by atoms with Gasteiger partial charge < -0.3 is 10.4 Å². The van der Waals surface area contributed by atoms with Crippen LogP contribution < -0.4 is 5.32 Å². The number of benzene rings is 2. The molecule has 2 aliphatic rings. The van der Waals surface area contributed by atoms with Crippen LogP contribution in [0.3, 0.4) is 0 Å². The highest BCUT2D eigenvalue weighted by molar-refractivity contribution is 7.92. The molecule has 2 aliphatic carbocycles. The Bertz CT molecular complexity index is 1330. The van der Waals surface area contributed by atoms with Crippen molar-refractivity contribution < 1.29 is 53.4 Å². The lowest BCUT2D eigenvalue weighted by atomic mass is 9.74. The SMILES string of the molecule is O=C(CO)N[C@H]1CC[C@@]2(S(=O)(=O)c3ccc(F)cc3)c3ccc(C(F)(C(F)(F)F)C(F)(F)F)cc3CC[C@@H]12. The van der Waals surface area contributed by atoms with Crippen LogP contribution in [0.5, 0.6) is 0 Å². The molecular weight excluding hydrogens is 550 g/mol. The highest BCUT2D eigenvalue weighted by Gasteiger charge is 2.73. The first kappa shape index (κ1) is 28.3. The van der Waals surface area contributed by atoms with E-state index in [2.05, 4.69) is 5.32 Å². The molecule has 0 unspecified atom stereocenters. The lowest BCUT2D eigenvalue weighted by Gasteiger charge is -2.43. The van der Waals surface area contributed by atoms with Gasteiger partial charge in [-0.3, -0.25) is 4.79 Å². The molecule has 3 atom stereocenters. The van der Waals surface area contributed by atoms with Gasteiger partial charge in [0.1, 0.15) is 17.2 Å². The summed E-state index contributed by atoms with van der Waals surface area (Å²) in [6, 6.07) is 4.38. The van der Waals surface area contributed by atoms with Crippen LogP contribution in [0, 0.1) is 11.7 Å². The molecule has 0 heterocycles. The fourth-order valence-electron chi connectivity index (χ4n) is 5.80. The number of alkyl halides is 7. The molecule has 4 rings (SSSR count). The van der Waals surface area contributed by atoms with E-state index in [-0.39, 0.29) is 47.8 Å². The molecule has 0 aliphatic heterocycles. The highest BCUT2D eigenvalue weighted by atomic mass is 32.2. The Balaban J connectivity index is 1.93. The molecule has 0 bridgehead atoms. The van der Waals surface area contributed by atoms with Crippen molar-refractivity contribution in [3.05, 3.63) is 65.0 Å². The molecule has 2 aromatic rings. The predicted molar refractivity (Wildman–Crippen MR) is 117 cm³/mol. The van der Waals surface area contributed by atoms with Gasteiger partial charge in [-0.15, -0.1) is 0 Å². The number of sulfone groups is 1. The number of aliphatic hydroxyl groups is 1. The number of carbonyl (C=O) groups excluding carboxylic acids is 1. The minimum Gasteiger partial charge on any atom is -0.387 e. The van der Waals surface area contributed by atoms with E-state index in [1.165, 1.54) is 0 Å². The van der Waals surface area contributed by atoms with E-state index in [9.17, 15) is 48.3 Å². The van der Waals surface area contributed by atoms with Crippen molar-refractivity contribution in [1.29, 1.82) is 0 Å². The van der Waals surface area contributed by atoms with E-state index in [0.717, 1.165) is 30.3 Å². The Morgan fingerprint density at radius 1 is 0.974 bits per heavy atom. The van der Waals surface area contributed by atoms with E-state index in [1.807, 2.05) is 0 Å². The van der Waals surface area contributed by atoms with Gasteiger partial charge in [0.05, 0.1) is 4.90 Å². The maximum Gasteiger partial charge on any atom is 0.435 e. The van der Waals surface area contributed by atoms with Crippen LogP contribution in [0.2, 0.25) is 0 Å². The first-order valence-corrected chi connectivity index (χ1v) is 12.9. The molecule has 0 spiro atoms. The molecule has 14 heteroatoms. The number of carbonyl (C=O) groups is 1. The second-order valence-corrected chi connectivity index (χ2v) is 11.6. The highest BCUT2D eigenvalue weighted by Crippen LogP contribution is 2.59. The van der Waals surface area contributed by atoms with Gasteiger partial charge in [-0.25, -0.2) is 17.2 Å². The minimum atomic E-state index is -6.35. The van der Waals surface area contributed by atoms with Gasteiger partial charge in [-0.2, -0.15) is 26.3 Å². The number of amides is 1. The molecule has 1 fully saturated rings. The van der Waals surface area contributed by atoms with Crippen LogP contribution in [-0.2, 0) is 31.5 Å². The van der Waals surface area contributed by atoms with Crippen LogP contribution >= 0.6 is 0 Å². The molecule has 208 valence electrons. The molecule has 0 saturated heterocycles. The molecule has 2 N–H and O–H groups in total. The Morgan fingerprint density at radius 3 is 2.13 bits per heavy atom. The third-order valence-electron chi connectivity index (χ3n) is 7.47. The monoisotopic (exact) mass is 571 g/mol. The largest absolute Gasteiger partial charge is 0.435 e. The van der Waals surface area contributed by atoms with Crippen molar-refractivity contribution in [1.82, 2.24) is 5.32 Å². The van der Waals surface area contributed by atoms with E-state index in [0.29, 0.717) is 6.07 Å². The molecule has 1 saturated carbocycles. The summed E-state index contributed by atoms with van der Waals surface area (Å²) < 4.78 is 135. The normalized spacial score (nSPS) is 24.0. The van der Waals surface area contributed by atoms with Crippen LogP contribution in [0.25, 0.3) is 0 Å². The number of nitrogens with one attached hydrogen (secondary N) is 1. The van der Waals surface area contributed by atoms with Gasteiger partial charge >= 0.3 is 18.0 Å². The predicted octanol–water partition coefficient (Wildman–Crippen LogP) is 4.62. The summed E-state index contributed by atoms with van der Waals surface area (Å²) in [7, 11) is -4.49. The molecule has 2 aromatic carbocycles. The summed E-state index contributed by atoms with van der Waals surface area (Å²) in [5.74, 6) is -2.44. The second kappa shape index (κ2) is 9.18. The first-order valence-electron chi connectivity index (χ1n) is 11.4. The van der Waals surface area contributed by atoms with Crippen LogP contribution in [0.4, 0.5) is 35.1 Å². The second-order valence-electron chi connectivity index (χ2n) is 9.39. The lowest BCUT2D eigenvalue weighted by Crippen LogP contribution is -2.51. The van der Waals surface area contributed by atoms with Crippen molar-refractivity contribution in [2.24, 2.45) is 5.92 Å². The van der Waals surface area contributed by atoms with E-state index in [1.54, 1.807) is 0 Å².